The Labute approximate surface area is 146 Å². The third-order valence-corrected chi connectivity index (χ3v) is 4.08. The molecule has 4 nitrogen and oxygen atoms in total. The third kappa shape index (κ3) is 5.08. The molecule has 4 heteroatoms. The van der Waals surface area contributed by atoms with Crippen LogP contribution in [-0.4, -0.2) is 29.8 Å². The molecule has 1 N–H and O–H groups in total. The van der Waals surface area contributed by atoms with Crippen LogP contribution >= 0.6 is 0 Å². The zero-order valence-corrected chi connectivity index (χ0v) is 16.0. The maximum atomic E-state index is 12.6. The predicted octanol–water partition coefficient (Wildman–Crippen LogP) is 4.52. The first kappa shape index (κ1) is 20.2. The smallest absolute Gasteiger partial charge is 0.313 e. The molecule has 134 valence electrons. The number of anilines is 1. The summed E-state index contributed by atoms with van der Waals surface area (Å²) < 4.78 is 0. The van der Waals surface area contributed by atoms with Gasteiger partial charge in [-0.3, -0.25) is 9.59 Å². The molecule has 0 saturated carbocycles. The van der Waals surface area contributed by atoms with E-state index in [2.05, 4.69) is 33.0 Å². The van der Waals surface area contributed by atoms with Gasteiger partial charge in [0.2, 0.25) is 0 Å². The largest absolute Gasteiger partial charge is 0.334 e. The topological polar surface area (TPSA) is 49.4 Å². The lowest BCUT2D eigenvalue weighted by Crippen LogP contribution is -2.40. The molecule has 1 rings (SSSR count). The standard InChI is InChI=1S/C20H32N2O2/c1-7-12-22(13-8-2)20(24)19(23)21-18-16(14(3)4)10-9-11-17(18)15(5)6/h9-11,14-15H,7-8,12-13H2,1-6H3,(H,21,23). The average Bonchev–Trinajstić information content (AvgIpc) is 2.53. The van der Waals surface area contributed by atoms with Gasteiger partial charge < -0.3 is 10.2 Å². The molecule has 0 aliphatic rings. The summed E-state index contributed by atoms with van der Waals surface area (Å²) in [7, 11) is 0. The van der Waals surface area contributed by atoms with Gasteiger partial charge in [0.25, 0.3) is 0 Å². The molecule has 1 aromatic carbocycles. The number of carbonyl (C=O) groups is 2. The molecule has 0 spiro atoms. The first-order valence-electron chi connectivity index (χ1n) is 9.06. The highest BCUT2D eigenvalue weighted by molar-refractivity contribution is 6.39. The Morgan fingerprint density at radius 2 is 1.42 bits per heavy atom. The summed E-state index contributed by atoms with van der Waals surface area (Å²) in [5.74, 6) is -0.424. The van der Waals surface area contributed by atoms with Gasteiger partial charge >= 0.3 is 11.8 Å². The number of carbonyl (C=O) groups excluding carboxylic acids is 2. The molecule has 0 saturated heterocycles. The fourth-order valence-electron chi connectivity index (χ4n) is 2.86. The first-order valence-corrected chi connectivity index (χ1v) is 9.06. The summed E-state index contributed by atoms with van der Waals surface area (Å²) >= 11 is 0. The number of hydrogen-bond donors (Lipinski definition) is 1. The van der Waals surface area contributed by atoms with Gasteiger partial charge in [0, 0.05) is 18.8 Å². The minimum absolute atomic E-state index is 0.275. The quantitative estimate of drug-likeness (QED) is 0.746. The second kappa shape index (κ2) is 9.45. The average molecular weight is 332 g/mol. The maximum absolute atomic E-state index is 12.6. The molecule has 0 atom stereocenters. The van der Waals surface area contributed by atoms with E-state index < -0.39 is 11.8 Å². The van der Waals surface area contributed by atoms with E-state index in [0.29, 0.717) is 13.1 Å². The summed E-state index contributed by atoms with van der Waals surface area (Å²) in [5.41, 5.74) is 2.94. The first-order chi connectivity index (χ1) is 11.3. The molecule has 0 aromatic heterocycles. The third-order valence-electron chi connectivity index (χ3n) is 4.08. The number of nitrogens with one attached hydrogen (secondary N) is 1. The van der Waals surface area contributed by atoms with E-state index in [-0.39, 0.29) is 11.8 Å². The number of nitrogens with zero attached hydrogens (tertiary/aromatic N) is 1. The Hall–Kier alpha value is -1.84. The monoisotopic (exact) mass is 332 g/mol. The summed E-state index contributed by atoms with van der Waals surface area (Å²) in [5, 5.41) is 2.91. The molecular weight excluding hydrogens is 300 g/mol. The molecule has 0 aliphatic carbocycles. The van der Waals surface area contributed by atoms with Gasteiger partial charge in [0.15, 0.2) is 0 Å². The van der Waals surface area contributed by atoms with Gasteiger partial charge in [-0.25, -0.2) is 0 Å². The maximum Gasteiger partial charge on any atom is 0.313 e. The van der Waals surface area contributed by atoms with Crippen LogP contribution in [0.25, 0.3) is 0 Å². The fourth-order valence-corrected chi connectivity index (χ4v) is 2.86. The number of amides is 2. The minimum atomic E-state index is -0.535. The minimum Gasteiger partial charge on any atom is -0.334 e. The molecule has 0 fully saturated rings. The van der Waals surface area contributed by atoms with Crippen molar-refractivity contribution in [2.24, 2.45) is 0 Å². The molecule has 0 aliphatic heterocycles. The number of benzene rings is 1. The zero-order valence-electron chi connectivity index (χ0n) is 16.0. The molecule has 0 bridgehead atoms. The van der Waals surface area contributed by atoms with Gasteiger partial charge in [-0.05, 0) is 35.8 Å². The van der Waals surface area contributed by atoms with Gasteiger partial charge in [-0.15, -0.1) is 0 Å². The van der Waals surface area contributed by atoms with Crippen LogP contribution in [0.1, 0.15) is 77.3 Å². The molecule has 0 heterocycles. The molecule has 0 unspecified atom stereocenters. The second-order valence-corrected chi connectivity index (χ2v) is 6.87. The van der Waals surface area contributed by atoms with Crippen LogP contribution in [-0.2, 0) is 9.59 Å². The SMILES string of the molecule is CCCN(CCC)C(=O)C(=O)Nc1c(C(C)C)cccc1C(C)C. The van der Waals surface area contributed by atoms with Crippen molar-refractivity contribution in [3.8, 4) is 0 Å². The van der Waals surface area contributed by atoms with Gasteiger partial charge in [-0.1, -0.05) is 59.7 Å². The van der Waals surface area contributed by atoms with Crippen LogP contribution in [0.3, 0.4) is 0 Å². The Morgan fingerprint density at radius 3 is 1.79 bits per heavy atom. The van der Waals surface area contributed by atoms with E-state index in [0.717, 1.165) is 29.7 Å². The van der Waals surface area contributed by atoms with Crippen molar-refractivity contribution in [1.82, 2.24) is 4.90 Å². The zero-order chi connectivity index (χ0) is 18.3. The van der Waals surface area contributed by atoms with Crippen LogP contribution in [0.15, 0.2) is 18.2 Å². The number of rotatable bonds is 7. The lowest BCUT2D eigenvalue weighted by atomic mass is 9.92. The Balaban J connectivity index is 3.10. The summed E-state index contributed by atoms with van der Waals surface area (Å²) in [6.45, 7) is 13.6. The normalized spacial score (nSPS) is 11.0. The number of para-hydroxylation sites is 1. The highest BCUT2D eigenvalue weighted by atomic mass is 16.2. The Bertz CT molecular complexity index is 533. The van der Waals surface area contributed by atoms with Crippen molar-refractivity contribution >= 4 is 17.5 Å². The lowest BCUT2D eigenvalue weighted by molar-refractivity contribution is -0.143. The van der Waals surface area contributed by atoms with Gasteiger partial charge in [0.05, 0.1) is 0 Å². The van der Waals surface area contributed by atoms with Crippen LogP contribution in [0.2, 0.25) is 0 Å². The molecule has 1 aromatic rings. The van der Waals surface area contributed by atoms with Gasteiger partial charge in [0.1, 0.15) is 0 Å². The molecule has 24 heavy (non-hydrogen) atoms. The van der Waals surface area contributed by atoms with Crippen molar-refractivity contribution in [3.05, 3.63) is 29.3 Å². The van der Waals surface area contributed by atoms with Crippen molar-refractivity contribution in [3.63, 3.8) is 0 Å². The highest BCUT2D eigenvalue weighted by Crippen LogP contribution is 2.32. The van der Waals surface area contributed by atoms with E-state index in [9.17, 15) is 9.59 Å². The second-order valence-electron chi connectivity index (χ2n) is 6.87. The summed E-state index contributed by atoms with van der Waals surface area (Å²) in [4.78, 5) is 26.7. The van der Waals surface area contributed by atoms with Gasteiger partial charge in [-0.2, -0.15) is 0 Å². The van der Waals surface area contributed by atoms with Crippen molar-refractivity contribution < 1.29 is 9.59 Å². The van der Waals surface area contributed by atoms with E-state index in [1.54, 1.807) is 4.90 Å². The van der Waals surface area contributed by atoms with E-state index in [1.807, 2.05) is 32.0 Å². The molecule has 0 radical (unpaired) electrons. The summed E-state index contributed by atoms with van der Waals surface area (Å²) in [6, 6.07) is 6.06. The van der Waals surface area contributed by atoms with Crippen molar-refractivity contribution in [2.75, 3.05) is 18.4 Å². The van der Waals surface area contributed by atoms with Crippen LogP contribution in [0.5, 0.6) is 0 Å². The van der Waals surface area contributed by atoms with Crippen LogP contribution < -0.4 is 5.32 Å². The predicted molar refractivity (Wildman–Crippen MR) is 100 cm³/mol. The molecule has 2 amide bonds. The van der Waals surface area contributed by atoms with E-state index in [4.69, 9.17) is 0 Å². The lowest BCUT2D eigenvalue weighted by Gasteiger charge is -2.23. The van der Waals surface area contributed by atoms with Crippen LogP contribution in [0, 0.1) is 0 Å². The Morgan fingerprint density at radius 1 is 0.958 bits per heavy atom. The number of hydrogen-bond acceptors (Lipinski definition) is 2. The van der Waals surface area contributed by atoms with Crippen molar-refractivity contribution in [1.29, 1.82) is 0 Å². The highest BCUT2D eigenvalue weighted by Gasteiger charge is 2.23. The summed E-state index contributed by atoms with van der Waals surface area (Å²) in [6.07, 6.45) is 1.69. The molecular formula is C20H32N2O2. The Kier molecular flexibility index (Phi) is 7.96. The van der Waals surface area contributed by atoms with Crippen LogP contribution in [0.4, 0.5) is 5.69 Å². The van der Waals surface area contributed by atoms with E-state index >= 15 is 0 Å². The van der Waals surface area contributed by atoms with E-state index in [1.165, 1.54) is 0 Å². The fraction of sp³-hybridized carbons (Fsp3) is 0.600. The van der Waals surface area contributed by atoms with Crippen molar-refractivity contribution in [2.45, 2.75) is 66.2 Å².